The highest BCUT2D eigenvalue weighted by Gasteiger charge is 2.72. The second-order valence-electron chi connectivity index (χ2n) is 10.2. The molecule has 0 bridgehead atoms. The van der Waals surface area contributed by atoms with Crippen LogP contribution in [-0.4, -0.2) is 71.3 Å². The summed E-state index contributed by atoms with van der Waals surface area (Å²) in [5, 5.41) is 10.2. The molecule has 2 saturated heterocycles. The molecule has 8 heteroatoms. The van der Waals surface area contributed by atoms with Crippen LogP contribution in [0.5, 0.6) is 0 Å². The number of hydrogen-bond donors (Lipinski definition) is 1. The molecule has 6 atom stereocenters. The Hall–Kier alpha value is -2.97. The number of ether oxygens (including phenoxy) is 2. The Bertz CT molecular complexity index is 1100. The fraction of sp³-hybridized carbons (Fsp3) is 0.536. The van der Waals surface area contributed by atoms with Gasteiger partial charge in [0.1, 0.15) is 17.6 Å². The summed E-state index contributed by atoms with van der Waals surface area (Å²) in [7, 11) is 0. The van der Waals surface area contributed by atoms with Gasteiger partial charge in [0, 0.05) is 12.2 Å². The number of nitrogens with zero attached hydrogens (tertiary/aromatic N) is 2. The van der Waals surface area contributed by atoms with Gasteiger partial charge in [-0.25, -0.2) is 0 Å². The van der Waals surface area contributed by atoms with Crippen LogP contribution in [0.1, 0.15) is 37.3 Å². The molecular weight excluding hydrogens is 460 g/mol. The molecule has 0 aromatic heterocycles. The molecule has 0 radical (unpaired) electrons. The van der Waals surface area contributed by atoms with E-state index in [4.69, 9.17) is 9.47 Å². The second-order valence-corrected chi connectivity index (χ2v) is 10.2. The number of cyclic esters (lactones) is 1. The van der Waals surface area contributed by atoms with Gasteiger partial charge >= 0.3 is 5.97 Å². The first-order valence-corrected chi connectivity index (χ1v) is 12.8. The van der Waals surface area contributed by atoms with Crippen LogP contribution in [0.25, 0.3) is 0 Å². The topological polar surface area (TPSA) is 96.4 Å². The molecule has 1 aromatic carbocycles. The van der Waals surface area contributed by atoms with E-state index in [9.17, 15) is 19.5 Å². The van der Waals surface area contributed by atoms with Crippen molar-refractivity contribution in [3.05, 3.63) is 53.6 Å². The van der Waals surface area contributed by atoms with Crippen molar-refractivity contribution in [2.75, 3.05) is 24.7 Å². The SMILES string of the molecule is CC[C@@H](CO)N1C(=O)[C@@H]2[C@H]3C(=O)OCCC/C=C\[C@H]3O[C@@]23C=CCN(c2c(C)cccc2C)C(=O)C13. The molecular formula is C28H34N2O6. The van der Waals surface area contributed by atoms with Gasteiger partial charge in [0.2, 0.25) is 5.91 Å². The minimum atomic E-state index is -1.33. The number of likely N-dealkylation sites (tertiary alicyclic amines) is 1. The number of aliphatic hydroxyl groups excluding tert-OH is 1. The van der Waals surface area contributed by atoms with Crippen LogP contribution >= 0.6 is 0 Å². The maximum atomic E-state index is 14.4. The van der Waals surface area contributed by atoms with Gasteiger partial charge in [0.05, 0.1) is 31.3 Å². The van der Waals surface area contributed by atoms with Crippen molar-refractivity contribution in [1.82, 2.24) is 4.90 Å². The minimum Gasteiger partial charge on any atom is -0.465 e. The van der Waals surface area contributed by atoms with Crippen molar-refractivity contribution in [2.45, 2.75) is 63.8 Å². The normalized spacial score (nSPS) is 33.6. The molecule has 5 rings (SSSR count). The van der Waals surface area contributed by atoms with Gasteiger partial charge in [-0.1, -0.05) is 49.4 Å². The highest BCUT2D eigenvalue weighted by Crippen LogP contribution is 2.54. The van der Waals surface area contributed by atoms with Crippen LogP contribution < -0.4 is 4.90 Å². The number of amides is 2. The smallest absolute Gasteiger partial charge is 0.312 e. The number of aliphatic hydroxyl groups is 1. The third kappa shape index (κ3) is 3.61. The molecule has 4 heterocycles. The first kappa shape index (κ1) is 24.7. The molecule has 4 aliphatic heterocycles. The Kier molecular flexibility index (Phi) is 6.51. The van der Waals surface area contributed by atoms with E-state index in [2.05, 4.69) is 0 Å². The van der Waals surface area contributed by atoms with Gasteiger partial charge < -0.3 is 24.4 Å². The molecule has 8 nitrogen and oxygen atoms in total. The zero-order chi connectivity index (χ0) is 25.6. The summed E-state index contributed by atoms with van der Waals surface area (Å²) in [5.41, 5.74) is 1.37. The average Bonchev–Trinajstić information content (AvgIpc) is 3.26. The van der Waals surface area contributed by atoms with E-state index in [0.717, 1.165) is 23.2 Å². The predicted octanol–water partition coefficient (Wildman–Crippen LogP) is 2.45. The van der Waals surface area contributed by atoms with Crippen molar-refractivity contribution in [1.29, 1.82) is 0 Å². The zero-order valence-corrected chi connectivity index (χ0v) is 21.1. The van der Waals surface area contributed by atoms with Crippen molar-refractivity contribution in [3.63, 3.8) is 0 Å². The number of carbonyl (C=O) groups excluding carboxylic acids is 3. The predicted molar refractivity (Wildman–Crippen MR) is 133 cm³/mol. The molecule has 2 fully saturated rings. The van der Waals surface area contributed by atoms with E-state index < -0.39 is 41.6 Å². The standard InChI is InChI=1S/C28H34N2O6/c1-4-19(16-31)30-24-26(33)29(23-17(2)10-8-11-18(23)3)14-9-13-28(24)22(25(30)32)21-20(36-28)12-6-5-7-15-35-27(21)34/h6,8-13,19-22,24,31H,4-5,7,14-16H2,1-3H3/b12-6-/t19-,20+,21-,22-,24?,28-/m0/s1. The monoisotopic (exact) mass is 494 g/mol. The number of para-hydroxylation sites is 1. The number of esters is 1. The molecule has 1 unspecified atom stereocenters. The molecule has 1 N–H and O–H groups in total. The van der Waals surface area contributed by atoms with E-state index in [1.807, 2.05) is 63.3 Å². The Morgan fingerprint density at radius 3 is 2.58 bits per heavy atom. The lowest BCUT2D eigenvalue weighted by Gasteiger charge is -2.38. The number of benzene rings is 1. The third-order valence-electron chi connectivity index (χ3n) is 8.07. The maximum Gasteiger partial charge on any atom is 0.312 e. The molecule has 1 aromatic rings. The molecule has 1 spiro atoms. The number of carbonyl (C=O) groups is 3. The zero-order valence-electron chi connectivity index (χ0n) is 21.1. The molecule has 2 amide bonds. The summed E-state index contributed by atoms with van der Waals surface area (Å²) in [6.45, 7) is 6.08. The fourth-order valence-electron chi connectivity index (χ4n) is 6.43. The summed E-state index contributed by atoms with van der Waals surface area (Å²) in [5.74, 6) is -2.87. The van der Waals surface area contributed by atoms with E-state index >= 15 is 0 Å². The van der Waals surface area contributed by atoms with Gasteiger partial charge in [-0.05, 0) is 44.2 Å². The maximum absolute atomic E-state index is 14.4. The highest BCUT2D eigenvalue weighted by molar-refractivity contribution is 6.06. The van der Waals surface area contributed by atoms with Crippen LogP contribution in [0.3, 0.4) is 0 Å². The van der Waals surface area contributed by atoms with Gasteiger partial charge in [-0.2, -0.15) is 0 Å². The largest absolute Gasteiger partial charge is 0.465 e. The summed E-state index contributed by atoms with van der Waals surface area (Å²) in [6.07, 6.45) is 8.71. The first-order valence-electron chi connectivity index (χ1n) is 12.8. The lowest BCUT2D eigenvalue weighted by molar-refractivity contribution is -0.155. The molecule has 36 heavy (non-hydrogen) atoms. The van der Waals surface area contributed by atoms with Gasteiger partial charge in [-0.15, -0.1) is 0 Å². The van der Waals surface area contributed by atoms with E-state index in [1.54, 1.807) is 4.90 Å². The third-order valence-corrected chi connectivity index (χ3v) is 8.07. The second kappa shape index (κ2) is 9.48. The van der Waals surface area contributed by atoms with E-state index in [-0.39, 0.29) is 25.0 Å². The Balaban J connectivity index is 1.67. The quantitative estimate of drug-likeness (QED) is 0.510. The fourth-order valence-corrected chi connectivity index (χ4v) is 6.43. The average molecular weight is 495 g/mol. The number of aryl methyl sites for hydroxylation is 2. The van der Waals surface area contributed by atoms with E-state index in [0.29, 0.717) is 19.4 Å². The van der Waals surface area contributed by atoms with Crippen LogP contribution in [0, 0.1) is 25.7 Å². The summed E-state index contributed by atoms with van der Waals surface area (Å²) in [6, 6.07) is 4.28. The number of hydrogen-bond acceptors (Lipinski definition) is 6. The lowest BCUT2D eigenvalue weighted by Crippen LogP contribution is -2.58. The van der Waals surface area contributed by atoms with Crippen LogP contribution in [0.2, 0.25) is 0 Å². The Labute approximate surface area is 211 Å². The number of anilines is 1. The Morgan fingerprint density at radius 1 is 1.14 bits per heavy atom. The minimum absolute atomic E-state index is 0.274. The Morgan fingerprint density at radius 2 is 1.89 bits per heavy atom. The first-order chi connectivity index (χ1) is 17.4. The van der Waals surface area contributed by atoms with Gasteiger partial charge in [0.25, 0.3) is 5.91 Å². The molecule has 192 valence electrons. The van der Waals surface area contributed by atoms with Crippen molar-refractivity contribution < 1.29 is 29.0 Å². The summed E-state index contributed by atoms with van der Waals surface area (Å²) in [4.78, 5) is 45.0. The van der Waals surface area contributed by atoms with Gasteiger partial charge in [-0.3, -0.25) is 14.4 Å². The van der Waals surface area contributed by atoms with Crippen molar-refractivity contribution >= 4 is 23.5 Å². The summed E-state index contributed by atoms with van der Waals surface area (Å²) >= 11 is 0. The van der Waals surface area contributed by atoms with Crippen molar-refractivity contribution in [3.8, 4) is 0 Å². The number of rotatable bonds is 4. The van der Waals surface area contributed by atoms with Crippen LogP contribution in [0.15, 0.2) is 42.5 Å². The number of fused-ring (bicyclic) bond motifs is 2. The highest BCUT2D eigenvalue weighted by atomic mass is 16.6. The lowest BCUT2D eigenvalue weighted by atomic mass is 9.78. The molecule has 0 saturated carbocycles. The van der Waals surface area contributed by atoms with Crippen LogP contribution in [0.4, 0.5) is 5.69 Å². The molecule has 0 aliphatic carbocycles. The molecule has 4 aliphatic rings. The summed E-state index contributed by atoms with van der Waals surface area (Å²) < 4.78 is 12.2. The van der Waals surface area contributed by atoms with Crippen molar-refractivity contribution in [2.24, 2.45) is 11.8 Å². The van der Waals surface area contributed by atoms with Crippen LogP contribution in [-0.2, 0) is 23.9 Å². The number of allylic oxidation sites excluding steroid dienone is 1. The van der Waals surface area contributed by atoms with Gasteiger partial charge in [0.15, 0.2) is 0 Å². The van der Waals surface area contributed by atoms with E-state index in [1.165, 1.54) is 4.90 Å².